The van der Waals surface area contributed by atoms with E-state index in [4.69, 9.17) is 9.47 Å². The van der Waals surface area contributed by atoms with E-state index in [9.17, 15) is 14.7 Å². The van der Waals surface area contributed by atoms with Crippen molar-refractivity contribution in [3.63, 3.8) is 0 Å². The molecule has 7 nitrogen and oxygen atoms in total. The van der Waals surface area contributed by atoms with Gasteiger partial charge in [0.25, 0.3) is 5.91 Å². The van der Waals surface area contributed by atoms with Crippen molar-refractivity contribution in [2.75, 3.05) is 13.8 Å². The zero-order valence-corrected chi connectivity index (χ0v) is 14.2. The van der Waals surface area contributed by atoms with Gasteiger partial charge in [0.2, 0.25) is 0 Å². The lowest BCUT2D eigenvalue weighted by Crippen LogP contribution is -2.50. The molecule has 2 N–H and O–H groups in total. The van der Waals surface area contributed by atoms with E-state index in [0.717, 1.165) is 12.8 Å². The first kappa shape index (κ1) is 18.0. The topological polar surface area (TPSA) is 88.1 Å². The zero-order valence-electron chi connectivity index (χ0n) is 14.2. The molecule has 0 aromatic carbocycles. The summed E-state index contributed by atoms with van der Waals surface area (Å²) in [5, 5.41) is 12.2. The SMILES string of the molecule is COCNC(=O)[C@@H]1OC(C)(C)N(C(=O)O)[C@H]1CC1CCCCC1. The molecule has 1 saturated heterocycles. The molecule has 1 aliphatic heterocycles. The number of carbonyl (C=O) groups is 2. The molecule has 7 heteroatoms. The Morgan fingerprint density at radius 3 is 2.52 bits per heavy atom. The van der Waals surface area contributed by atoms with E-state index in [-0.39, 0.29) is 12.6 Å². The van der Waals surface area contributed by atoms with Crippen LogP contribution in [0.1, 0.15) is 52.4 Å². The molecule has 2 amide bonds. The number of nitrogens with zero attached hydrogens (tertiary/aromatic N) is 1. The average molecular weight is 328 g/mol. The first-order valence-corrected chi connectivity index (χ1v) is 8.33. The predicted molar refractivity (Wildman–Crippen MR) is 83.8 cm³/mol. The summed E-state index contributed by atoms with van der Waals surface area (Å²) in [5.41, 5.74) is -1.01. The Morgan fingerprint density at radius 1 is 1.30 bits per heavy atom. The maximum Gasteiger partial charge on any atom is 0.409 e. The van der Waals surface area contributed by atoms with Crippen LogP contribution in [0.2, 0.25) is 0 Å². The van der Waals surface area contributed by atoms with Crippen LogP contribution in [-0.4, -0.2) is 53.7 Å². The van der Waals surface area contributed by atoms with Crippen molar-refractivity contribution in [1.82, 2.24) is 10.2 Å². The van der Waals surface area contributed by atoms with E-state index in [1.165, 1.54) is 31.3 Å². The number of carbonyl (C=O) groups excluding carboxylic acids is 1. The third kappa shape index (κ3) is 4.14. The van der Waals surface area contributed by atoms with Crippen LogP contribution in [0.25, 0.3) is 0 Å². The summed E-state index contributed by atoms with van der Waals surface area (Å²) in [7, 11) is 1.49. The summed E-state index contributed by atoms with van der Waals surface area (Å²) in [6.07, 6.45) is 4.61. The smallest absolute Gasteiger partial charge is 0.409 e. The number of rotatable bonds is 5. The third-order valence-electron chi connectivity index (χ3n) is 4.83. The summed E-state index contributed by atoms with van der Waals surface area (Å²) in [5.74, 6) is 0.135. The molecule has 0 aromatic heterocycles. The lowest BCUT2D eigenvalue weighted by Gasteiger charge is -2.33. The van der Waals surface area contributed by atoms with Crippen molar-refractivity contribution in [3.05, 3.63) is 0 Å². The highest BCUT2D eigenvalue weighted by atomic mass is 16.6. The van der Waals surface area contributed by atoms with Gasteiger partial charge < -0.3 is 19.9 Å². The summed E-state index contributed by atoms with van der Waals surface area (Å²) in [4.78, 5) is 25.4. The van der Waals surface area contributed by atoms with Crippen molar-refractivity contribution < 1.29 is 24.2 Å². The fourth-order valence-electron chi connectivity index (χ4n) is 3.82. The van der Waals surface area contributed by atoms with Gasteiger partial charge in [-0.25, -0.2) is 4.79 Å². The molecule has 2 atom stereocenters. The molecule has 2 aliphatic rings. The molecule has 1 aliphatic carbocycles. The van der Waals surface area contributed by atoms with Gasteiger partial charge in [-0.3, -0.25) is 9.69 Å². The number of carboxylic acid groups (broad SMARTS) is 1. The molecule has 0 bridgehead atoms. The lowest BCUT2D eigenvalue weighted by atomic mass is 9.83. The highest BCUT2D eigenvalue weighted by molar-refractivity contribution is 5.83. The standard InChI is InChI=1S/C16H28N2O5/c1-16(2)18(15(20)21)12(9-11-7-5-4-6-8-11)13(23-16)14(19)17-10-22-3/h11-13H,4-10H2,1-3H3,(H,17,19)(H,20,21)/t12-,13+/m0/s1. The van der Waals surface area contributed by atoms with Crippen molar-refractivity contribution in [2.24, 2.45) is 5.92 Å². The van der Waals surface area contributed by atoms with Crippen molar-refractivity contribution in [2.45, 2.75) is 70.2 Å². The summed E-state index contributed by atoms with van der Waals surface area (Å²) in [6, 6.07) is -0.456. The molecule has 1 saturated carbocycles. The Labute approximate surface area is 137 Å². The fraction of sp³-hybridized carbons (Fsp3) is 0.875. The zero-order chi connectivity index (χ0) is 17.0. The van der Waals surface area contributed by atoms with Gasteiger partial charge in [0.1, 0.15) is 12.5 Å². The Morgan fingerprint density at radius 2 is 1.96 bits per heavy atom. The van der Waals surface area contributed by atoms with Gasteiger partial charge in [-0.1, -0.05) is 32.1 Å². The van der Waals surface area contributed by atoms with Crippen LogP contribution < -0.4 is 5.32 Å². The highest BCUT2D eigenvalue weighted by Gasteiger charge is 2.53. The number of nitrogens with one attached hydrogen (secondary N) is 1. The Hall–Kier alpha value is -1.34. The number of methoxy groups -OCH3 is 1. The second-order valence-corrected chi connectivity index (χ2v) is 6.92. The molecule has 2 rings (SSSR count). The van der Waals surface area contributed by atoms with Crippen LogP contribution in [-0.2, 0) is 14.3 Å². The fourth-order valence-corrected chi connectivity index (χ4v) is 3.82. The normalized spacial score (nSPS) is 27.9. The quantitative estimate of drug-likeness (QED) is 0.755. The minimum atomic E-state index is -1.04. The number of amides is 2. The lowest BCUT2D eigenvalue weighted by molar-refractivity contribution is -0.139. The monoisotopic (exact) mass is 328 g/mol. The van der Waals surface area contributed by atoms with E-state index < -0.39 is 24.0 Å². The van der Waals surface area contributed by atoms with Gasteiger partial charge >= 0.3 is 6.09 Å². The van der Waals surface area contributed by atoms with Gasteiger partial charge in [0.05, 0.1) is 6.04 Å². The van der Waals surface area contributed by atoms with Crippen LogP contribution >= 0.6 is 0 Å². The van der Waals surface area contributed by atoms with E-state index in [2.05, 4.69) is 5.32 Å². The Balaban J connectivity index is 2.16. The summed E-state index contributed by atoms with van der Waals surface area (Å²) in [6.45, 7) is 3.47. The third-order valence-corrected chi connectivity index (χ3v) is 4.83. The molecule has 0 aromatic rings. The molecule has 0 spiro atoms. The molecular weight excluding hydrogens is 300 g/mol. The van der Waals surface area contributed by atoms with E-state index in [1.807, 2.05) is 0 Å². The van der Waals surface area contributed by atoms with Gasteiger partial charge in [0, 0.05) is 7.11 Å². The molecule has 132 valence electrons. The number of hydrogen-bond acceptors (Lipinski definition) is 4. The first-order valence-electron chi connectivity index (χ1n) is 8.33. The average Bonchev–Trinajstić information content (AvgIpc) is 2.76. The van der Waals surface area contributed by atoms with Crippen LogP contribution in [0.15, 0.2) is 0 Å². The molecule has 0 unspecified atom stereocenters. The minimum Gasteiger partial charge on any atom is -0.465 e. The van der Waals surface area contributed by atoms with Crippen LogP contribution in [0.5, 0.6) is 0 Å². The van der Waals surface area contributed by atoms with Crippen LogP contribution in [0, 0.1) is 5.92 Å². The van der Waals surface area contributed by atoms with Crippen molar-refractivity contribution >= 4 is 12.0 Å². The number of ether oxygens (including phenoxy) is 2. The molecular formula is C16H28N2O5. The summed E-state index contributed by atoms with van der Waals surface area (Å²) < 4.78 is 10.7. The molecule has 0 radical (unpaired) electrons. The second-order valence-electron chi connectivity index (χ2n) is 6.92. The minimum absolute atomic E-state index is 0.0857. The van der Waals surface area contributed by atoms with Crippen LogP contribution in [0.3, 0.4) is 0 Å². The maximum atomic E-state index is 12.4. The first-order chi connectivity index (χ1) is 10.9. The second kappa shape index (κ2) is 7.49. The van der Waals surface area contributed by atoms with Gasteiger partial charge in [0.15, 0.2) is 6.10 Å². The van der Waals surface area contributed by atoms with E-state index in [1.54, 1.807) is 13.8 Å². The molecule has 23 heavy (non-hydrogen) atoms. The predicted octanol–water partition coefficient (Wildman–Crippen LogP) is 2.16. The Bertz CT molecular complexity index is 434. The largest absolute Gasteiger partial charge is 0.465 e. The molecule has 2 fully saturated rings. The Kier molecular flexibility index (Phi) is 5.86. The van der Waals surface area contributed by atoms with E-state index >= 15 is 0 Å². The van der Waals surface area contributed by atoms with Crippen molar-refractivity contribution in [3.8, 4) is 0 Å². The highest BCUT2D eigenvalue weighted by Crippen LogP contribution is 2.38. The van der Waals surface area contributed by atoms with Gasteiger partial charge in [-0.15, -0.1) is 0 Å². The summed E-state index contributed by atoms with van der Waals surface area (Å²) >= 11 is 0. The van der Waals surface area contributed by atoms with Crippen molar-refractivity contribution in [1.29, 1.82) is 0 Å². The number of hydrogen-bond donors (Lipinski definition) is 2. The maximum absolute atomic E-state index is 12.4. The van der Waals surface area contributed by atoms with Crippen LogP contribution in [0.4, 0.5) is 4.79 Å². The van der Waals surface area contributed by atoms with E-state index in [0.29, 0.717) is 12.3 Å². The van der Waals surface area contributed by atoms with Gasteiger partial charge in [-0.05, 0) is 26.2 Å². The van der Waals surface area contributed by atoms with Gasteiger partial charge in [-0.2, -0.15) is 0 Å². The molecule has 1 heterocycles.